The molecule has 2 aliphatic rings. The molecule has 10 nitrogen and oxygen atoms in total. The normalized spacial score (nSPS) is 31.0. The first-order valence-corrected chi connectivity index (χ1v) is 6.04. The van der Waals surface area contributed by atoms with Crippen molar-refractivity contribution in [1.29, 1.82) is 0 Å². The van der Waals surface area contributed by atoms with Gasteiger partial charge in [-0.25, -0.2) is 15.0 Å². The molecule has 0 aliphatic carbocycles. The lowest BCUT2D eigenvalue weighted by Gasteiger charge is -2.17. The molecule has 4 rings (SSSR count). The molecule has 2 aliphatic heterocycles. The molecule has 2 N–H and O–H groups in total. The van der Waals surface area contributed by atoms with Gasteiger partial charge in [0.15, 0.2) is 17.7 Å². The van der Waals surface area contributed by atoms with Gasteiger partial charge in [-0.3, -0.25) is 4.57 Å². The zero-order valence-electron chi connectivity index (χ0n) is 10.2. The fraction of sp³-hybridized carbons (Fsp3) is 0.500. The second-order valence-corrected chi connectivity index (χ2v) is 4.63. The average Bonchev–Trinajstić information content (AvgIpc) is 2.99. The topological polar surface area (TPSA) is 140 Å². The van der Waals surface area contributed by atoms with Crippen molar-refractivity contribution in [3.8, 4) is 0 Å². The molecule has 0 saturated carbocycles. The second kappa shape index (κ2) is 4.04. The van der Waals surface area contributed by atoms with Crippen LogP contribution in [0.4, 0.5) is 5.82 Å². The highest BCUT2D eigenvalue weighted by atomic mass is 16.7. The Hall–Kier alpha value is -2.42. The van der Waals surface area contributed by atoms with Gasteiger partial charge in [0.2, 0.25) is 0 Å². The Morgan fingerprint density at radius 2 is 2.25 bits per heavy atom. The molecule has 0 bridgehead atoms. The summed E-state index contributed by atoms with van der Waals surface area (Å²) in [6, 6.07) is 0. The van der Waals surface area contributed by atoms with Gasteiger partial charge in [-0.05, 0) is 5.53 Å². The number of anilines is 1. The van der Waals surface area contributed by atoms with Crippen LogP contribution in [0.15, 0.2) is 17.8 Å². The van der Waals surface area contributed by atoms with Crippen LogP contribution in [0.2, 0.25) is 0 Å². The number of nitrogen functional groups attached to an aromatic ring is 1. The second-order valence-electron chi connectivity index (χ2n) is 4.63. The van der Waals surface area contributed by atoms with Crippen LogP contribution in [0.3, 0.4) is 0 Å². The Morgan fingerprint density at radius 3 is 3.10 bits per heavy atom. The fourth-order valence-corrected chi connectivity index (χ4v) is 2.54. The summed E-state index contributed by atoms with van der Waals surface area (Å²) in [5.41, 5.74) is 15.2. The van der Waals surface area contributed by atoms with Crippen LogP contribution >= 0.6 is 0 Å². The van der Waals surface area contributed by atoms with E-state index in [0.717, 1.165) is 0 Å². The summed E-state index contributed by atoms with van der Waals surface area (Å²) >= 11 is 0. The average molecular weight is 274 g/mol. The number of hydrogen-bond acceptors (Lipinski definition) is 7. The molecule has 102 valence electrons. The van der Waals surface area contributed by atoms with Crippen molar-refractivity contribution in [3.05, 3.63) is 23.1 Å². The molecule has 4 atom stereocenters. The standard InChI is InChI=1S/C10H10N8O2/c11-8-5-9(14-2-13-8)18(3-15-5)10-7-6(20-7)4(19-10)1-16-17-12/h2-4,6-7,10H,1H2,(H2,11,13,14)/t4-,6+,7+,10-/m1/s1. The highest BCUT2D eigenvalue weighted by Gasteiger charge is 2.58. The van der Waals surface area contributed by atoms with Crippen LogP contribution in [-0.4, -0.2) is 44.4 Å². The van der Waals surface area contributed by atoms with Gasteiger partial charge in [0.25, 0.3) is 0 Å². The first kappa shape index (κ1) is 11.4. The molecule has 2 saturated heterocycles. The summed E-state index contributed by atoms with van der Waals surface area (Å²) in [6.45, 7) is 0.248. The Bertz CT molecular complexity index is 723. The molecule has 2 aromatic heterocycles. The maximum atomic E-state index is 8.36. The number of rotatable bonds is 3. The molecule has 0 aromatic carbocycles. The van der Waals surface area contributed by atoms with Gasteiger partial charge in [-0.15, -0.1) is 0 Å². The highest BCUT2D eigenvalue weighted by molar-refractivity contribution is 5.81. The smallest absolute Gasteiger partial charge is 0.167 e. The van der Waals surface area contributed by atoms with Crippen LogP contribution in [0, 0.1) is 0 Å². The molecule has 20 heavy (non-hydrogen) atoms. The molecule has 0 spiro atoms. The molecule has 0 amide bonds. The fourth-order valence-electron chi connectivity index (χ4n) is 2.54. The Balaban J connectivity index is 1.68. The van der Waals surface area contributed by atoms with E-state index >= 15 is 0 Å². The third-order valence-electron chi connectivity index (χ3n) is 3.51. The van der Waals surface area contributed by atoms with E-state index in [1.165, 1.54) is 6.33 Å². The van der Waals surface area contributed by atoms with Gasteiger partial charge in [0.1, 0.15) is 24.1 Å². The minimum Gasteiger partial charge on any atom is -0.382 e. The molecule has 4 heterocycles. The van der Waals surface area contributed by atoms with Gasteiger partial charge in [0.05, 0.1) is 19.0 Å². The third-order valence-corrected chi connectivity index (χ3v) is 3.51. The van der Waals surface area contributed by atoms with E-state index in [0.29, 0.717) is 17.0 Å². The lowest BCUT2D eigenvalue weighted by Crippen LogP contribution is -2.21. The van der Waals surface area contributed by atoms with Gasteiger partial charge in [-0.1, -0.05) is 5.11 Å². The van der Waals surface area contributed by atoms with Crippen LogP contribution < -0.4 is 5.73 Å². The molecule has 0 radical (unpaired) electrons. The molecule has 2 fully saturated rings. The van der Waals surface area contributed by atoms with E-state index in [2.05, 4.69) is 25.0 Å². The Kier molecular flexibility index (Phi) is 2.30. The first-order valence-electron chi connectivity index (χ1n) is 6.04. The van der Waals surface area contributed by atoms with Crippen molar-refractivity contribution in [2.75, 3.05) is 12.3 Å². The number of nitrogens with zero attached hydrogens (tertiary/aromatic N) is 7. The van der Waals surface area contributed by atoms with E-state index in [-0.39, 0.29) is 31.1 Å². The van der Waals surface area contributed by atoms with Crippen molar-refractivity contribution in [2.24, 2.45) is 5.11 Å². The lowest BCUT2D eigenvalue weighted by molar-refractivity contribution is -0.0605. The van der Waals surface area contributed by atoms with E-state index in [4.69, 9.17) is 20.7 Å². The van der Waals surface area contributed by atoms with Crippen molar-refractivity contribution < 1.29 is 9.47 Å². The Labute approximate surface area is 112 Å². The lowest BCUT2D eigenvalue weighted by atomic mass is 10.2. The van der Waals surface area contributed by atoms with Crippen LogP contribution in [0.25, 0.3) is 21.6 Å². The quantitative estimate of drug-likeness (QED) is 0.371. The number of azide groups is 1. The molecular weight excluding hydrogens is 264 g/mol. The van der Waals surface area contributed by atoms with Crippen molar-refractivity contribution in [1.82, 2.24) is 19.5 Å². The summed E-state index contributed by atoms with van der Waals surface area (Å²) in [7, 11) is 0. The summed E-state index contributed by atoms with van der Waals surface area (Å²) in [5.74, 6) is 0.325. The number of fused-ring (bicyclic) bond motifs is 2. The Morgan fingerprint density at radius 1 is 1.35 bits per heavy atom. The molecule has 0 unspecified atom stereocenters. The summed E-state index contributed by atoms with van der Waals surface area (Å²) < 4.78 is 13.2. The number of epoxide rings is 1. The largest absolute Gasteiger partial charge is 0.382 e. The number of imidazole rings is 1. The SMILES string of the molecule is [N-]=[N+]=NC[C@H]1O[C@@H](n2cnc3c(N)ncnc32)[C@H]2O[C@H]21. The summed E-state index contributed by atoms with van der Waals surface area (Å²) in [4.78, 5) is 15.0. The van der Waals surface area contributed by atoms with Crippen LogP contribution in [-0.2, 0) is 9.47 Å². The van der Waals surface area contributed by atoms with E-state index < -0.39 is 0 Å². The zero-order chi connectivity index (χ0) is 13.7. The van der Waals surface area contributed by atoms with E-state index in [1.807, 2.05) is 0 Å². The van der Waals surface area contributed by atoms with Crippen LogP contribution in [0.1, 0.15) is 6.23 Å². The number of aromatic nitrogens is 4. The van der Waals surface area contributed by atoms with Crippen molar-refractivity contribution >= 4 is 17.0 Å². The minimum absolute atomic E-state index is 0.0397. The summed E-state index contributed by atoms with van der Waals surface area (Å²) in [6.07, 6.45) is 2.31. The van der Waals surface area contributed by atoms with Gasteiger partial charge in [-0.2, -0.15) is 0 Å². The number of hydrogen-bond donors (Lipinski definition) is 1. The molecule has 2 aromatic rings. The predicted molar refractivity (Wildman–Crippen MR) is 66.3 cm³/mol. The molecular formula is C10H10N8O2. The van der Waals surface area contributed by atoms with Gasteiger partial charge in [0, 0.05) is 4.91 Å². The van der Waals surface area contributed by atoms with Gasteiger partial charge < -0.3 is 15.2 Å². The maximum absolute atomic E-state index is 8.36. The van der Waals surface area contributed by atoms with E-state index in [1.54, 1.807) is 10.9 Å². The number of ether oxygens (including phenoxy) is 2. The van der Waals surface area contributed by atoms with Gasteiger partial charge >= 0.3 is 0 Å². The predicted octanol–water partition coefficient (Wildman–Crippen LogP) is 0.384. The monoisotopic (exact) mass is 274 g/mol. The summed E-state index contributed by atoms with van der Waals surface area (Å²) in [5, 5.41) is 3.53. The van der Waals surface area contributed by atoms with Crippen LogP contribution in [0.5, 0.6) is 0 Å². The minimum atomic E-state index is -0.335. The first-order chi connectivity index (χ1) is 9.79. The highest BCUT2D eigenvalue weighted by Crippen LogP contribution is 2.45. The number of nitrogens with two attached hydrogens (primary N) is 1. The maximum Gasteiger partial charge on any atom is 0.167 e. The van der Waals surface area contributed by atoms with Crippen molar-refractivity contribution in [2.45, 2.75) is 24.5 Å². The third kappa shape index (κ3) is 1.53. The molecule has 10 heteroatoms. The zero-order valence-corrected chi connectivity index (χ0v) is 10.2. The van der Waals surface area contributed by atoms with E-state index in [9.17, 15) is 0 Å². The van der Waals surface area contributed by atoms with Crippen molar-refractivity contribution in [3.63, 3.8) is 0 Å².